The van der Waals surface area contributed by atoms with E-state index >= 15 is 4.39 Å². The number of hydrogen-bond acceptors (Lipinski definition) is 5. The monoisotopic (exact) mass is 546 g/mol. The lowest BCUT2D eigenvalue weighted by Crippen LogP contribution is -2.50. The van der Waals surface area contributed by atoms with Gasteiger partial charge in [0.25, 0.3) is 0 Å². The van der Waals surface area contributed by atoms with E-state index in [-0.39, 0.29) is 31.6 Å². The fraction of sp³-hybridized carbons (Fsp3) is 0.444. The second-order valence-electron chi connectivity index (χ2n) is 10.8. The van der Waals surface area contributed by atoms with Gasteiger partial charge < -0.3 is 14.4 Å². The Balaban J connectivity index is 1.49. The summed E-state index contributed by atoms with van der Waals surface area (Å²) in [6.07, 6.45) is -2.21. The number of allylic oxidation sites excluding steroid dienone is 2. The maximum atomic E-state index is 16.0. The molecule has 0 fully saturated rings. The number of aliphatic carboxylic acids is 1. The van der Waals surface area contributed by atoms with Crippen LogP contribution in [0, 0.1) is 11.3 Å². The molecule has 2 unspecified atom stereocenters. The number of benzene rings is 1. The summed E-state index contributed by atoms with van der Waals surface area (Å²) in [6, 6.07) is 7.05. The van der Waals surface area contributed by atoms with Crippen molar-refractivity contribution >= 4 is 17.0 Å². The van der Waals surface area contributed by atoms with Gasteiger partial charge in [-0.25, -0.2) is 9.37 Å². The van der Waals surface area contributed by atoms with Crippen molar-refractivity contribution in [3.8, 4) is 5.75 Å². The summed E-state index contributed by atoms with van der Waals surface area (Å²) < 4.78 is 70.1. The van der Waals surface area contributed by atoms with E-state index < -0.39 is 41.0 Å². The Morgan fingerprint density at radius 1 is 1.26 bits per heavy atom. The van der Waals surface area contributed by atoms with E-state index in [0.29, 0.717) is 28.2 Å². The molecule has 1 N–H and O–H groups in total. The lowest BCUT2D eigenvalue weighted by atomic mass is 9.57. The molecule has 2 aliphatic carbocycles. The van der Waals surface area contributed by atoms with Crippen molar-refractivity contribution in [3.63, 3.8) is 0 Å². The minimum absolute atomic E-state index is 0.0363. The van der Waals surface area contributed by atoms with Crippen LogP contribution in [0.1, 0.15) is 44.1 Å². The number of imidazole rings is 1. The maximum Gasteiger partial charge on any atom is 0.523 e. The van der Waals surface area contributed by atoms with Crippen LogP contribution >= 0.6 is 0 Å². The van der Waals surface area contributed by atoms with Gasteiger partial charge in [0.1, 0.15) is 29.6 Å². The number of rotatable bonds is 5. The summed E-state index contributed by atoms with van der Waals surface area (Å²) in [4.78, 5) is 17.1. The predicted molar refractivity (Wildman–Crippen MR) is 130 cm³/mol. The van der Waals surface area contributed by atoms with Crippen molar-refractivity contribution in [1.29, 1.82) is 0 Å². The summed E-state index contributed by atoms with van der Waals surface area (Å²) >= 11 is 0. The van der Waals surface area contributed by atoms with Gasteiger partial charge in [0.2, 0.25) is 0 Å². The molecule has 0 amide bonds. The van der Waals surface area contributed by atoms with E-state index in [2.05, 4.69) is 9.84 Å². The highest BCUT2D eigenvalue weighted by atomic mass is 19.4. The smallest absolute Gasteiger partial charge is 0.487 e. The Morgan fingerprint density at radius 2 is 2.03 bits per heavy atom. The topological polar surface area (TPSA) is 91.4 Å². The largest absolute Gasteiger partial charge is 0.523 e. The highest BCUT2D eigenvalue weighted by molar-refractivity contribution is 5.80. The fourth-order valence-electron chi connectivity index (χ4n) is 6.49. The van der Waals surface area contributed by atoms with Crippen LogP contribution in [0.3, 0.4) is 0 Å². The first-order valence-electron chi connectivity index (χ1n) is 12.5. The first kappa shape index (κ1) is 25.6. The van der Waals surface area contributed by atoms with Crippen LogP contribution in [0.25, 0.3) is 11.0 Å². The van der Waals surface area contributed by atoms with Gasteiger partial charge in [-0.05, 0) is 62.1 Å². The molecule has 1 aliphatic heterocycles. The second kappa shape index (κ2) is 8.41. The number of carboxylic acids is 1. The third-order valence-corrected chi connectivity index (χ3v) is 8.17. The second-order valence-corrected chi connectivity index (χ2v) is 10.8. The number of aromatic nitrogens is 4. The van der Waals surface area contributed by atoms with Gasteiger partial charge in [-0.1, -0.05) is 0 Å². The number of carbonyl (C=O) groups is 1. The van der Waals surface area contributed by atoms with Gasteiger partial charge in [0.15, 0.2) is 0 Å². The van der Waals surface area contributed by atoms with E-state index in [4.69, 9.17) is 9.72 Å². The molecule has 2 aromatic heterocycles. The van der Waals surface area contributed by atoms with E-state index in [1.54, 1.807) is 47.6 Å². The summed E-state index contributed by atoms with van der Waals surface area (Å²) in [5.74, 6) is -2.91. The quantitative estimate of drug-likeness (QED) is 0.340. The standard InChI is InChI=1S/C27H26F4N4O4/c1-25-13-35-19-10-15(38-12-14-8-9-34(3)33-14)4-7-18(19)32-23(35)21-16(24(36)37)5-6-17(22(21)25)26(2,11-20(25)28)39-27(29,30)31/h4,7-11,16,21H,5-6,12-13H2,1-3H3,(H,36,37)/t16-,21-,25?,26?/m0/s1. The highest BCUT2D eigenvalue weighted by Gasteiger charge is 2.58. The molecule has 12 heteroatoms. The van der Waals surface area contributed by atoms with Crippen molar-refractivity contribution < 1.29 is 36.9 Å². The lowest BCUT2D eigenvalue weighted by Gasteiger charge is -2.51. The Bertz CT molecular complexity index is 1570. The van der Waals surface area contributed by atoms with Crippen LogP contribution in [0.2, 0.25) is 0 Å². The van der Waals surface area contributed by atoms with Crippen LogP contribution in [-0.2, 0) is 29.7 Å². The molecule has 6 rings (SSSR count). The van der Waals surface area contributed by atoms with Gasteiger partial charge in [-0.3, -0.25) is 14.2 Å². The van der Waals surface area contributed by atoms with E-state index in [9.17, 15) is 23.1 Å². The van der Waals surface area contributed by atoms with Gasteiger partial charge in [0.05, 0.1) is 34.0 Å². The van der Waals surface area contributed by atoms with Crippen LogP contribution < -0.4 is 4.74 Å². The molecule has 0 spiro atoms. The molecule has 0 radical (unpaired) electrons. The molecule has 39 heavy (non-hydrogen) atoms. The molecule has 3 heterocycles. The minimum atomic E-state index is -5.01. The molecule has 3 aromatic rings. The number of halogens is 4. The fourth-order valence-corrected chi connectivity index (χ4v) is 6.49. The molecular formula is C27H26F4N4O4. The molecule has 0 bridgehead atoms. The zero-order chi connectivity index (χ0) is 27.9. The van der Waals surface area contributed by atoms with Crippen LogP contribution in [0.5, 0.6) is 5.75 Å². The molecular weight excluding hydrogens is 520 g/mol. The summed E-state index contributed by atoms with van der Waals surface area (Å²) in [5.41, 5.74) is -0.965. The highest BCUT2D eigenvalue weighted by Crippen LogP contribution is 2.61. The molecule has 8 nitrogen and oxygen atoms in total. The van der Waals surface area contributed by atoms with Crippen molar-refractivity contribution in [2.24, 2.45) is 18.4 Å². The van der Waals surface area contributed by atoms with Gasteiger partial charge in [0, 0.05) is 25.9 Å². The first-order chi connectivity index (χ1) is 18.3. The van der Waals surface area contributed by atoms with Crippen LogP contribution in [0.15, 0.2) is 53.5 Å². The number of hydrogen-bond donors (Lipinski definition) is 1. The number of fused-ring (bicyclic) bond motifs is 4. The average molecular weight is 547 g/mol. The summed E-state index contributed by atoms with van der Waals surface area (Å²) in [5, 5.41) is 14.4. The van der Waals surface area contributed by atoms with Gasteiger partial charge in [-0.2, -0.15) is 5.10 Å². The Labute approximate surface area is 220 Å². The van der Waals surface area contributed by atoms with E-state index in [0.717, 1.165) is 11.8 Å². The van der Waals surface area contributed by atoms with Crippen LogP contribution in [-0.4, -0.2) is 42.4 Å². The van der Waals surface area contributed by atoms with Crippen molar-refractivity contribution in [2.45, 2.75) is 57.7 Å². The summed E-state index contributed by atoms with van der Waals surface area (Å²) in [7, 11) is 1.80. The third-order valence-electron chi connectivity index (χ3n) is 8.17. The zero-order valence-electron chi connectivity index (χ0n) is 21.4. The zero-order valence-corrected chi connectivity index (χ0v) is 21.4. The summed E-state index contributed by atoms with van der Waals surface area (Å²) in [6.45, 7) is 3.05. The van der Waals surface area contributed by atoms with E-state index in [1.165, 1.54) is 6.92 Å². The van der Waals surface area contributed by atoms with Gasteiger partial charge >= 0.3 is 12.3 Å². The Kier molecular flexibility index (Phi) is 5.52. The average Bonchev–Trinajstić information content (AvgIpc) is 3.42. The minimum Gasteiger partial charge on any atom is -0.487 e. The molecule has 0 saturated heterocycles. The molecule has 4 atom stereocenters. The van der Waals surface area contributed by atoms with Crippen LogP contribution in [0.4, 0.5) is 17.6 Å². The number of aryl methyl sites for hydroxylation is 1. The number of alkyl halides is 3. The SMILES string of the molecule is Cn1ccc(COc2ccc3nc4n(c3c2)CC2(C)C(F)=CC(C)(OC(F)(F)F)C3=C2[C@@H]4[C@@H](C(=O)O)CC3)n1. The molecule has 1 aromatic carbocycles. The van der Waals surface area contributed by atoms with Crippen molar-refractivity contribution in [1.82, 2.24) is 19.3 Å². The number of nitrogens with zero attached hydrogens (tertiary/aromatic N) is 4. The predicted octanol–water partition coefficient (Wildman–Crippen LogP) is 5.41. The molecule has 0 saturated carbocycles. The third kappa shape index (κ3) is 4.03. The number of ether oxygens (including phenoxy) is 2. The van der Waals surface area contributed by atoms with Crippen molar-refractivity contribution in [3.05, 3.63) is 65.0 Å². The van der Waals surface area contributed by atoms with E-state index in [1.807, 2.05) is 6.07 Å². The van der Waals surface area contributed by atoms with Crippen molar-refractivity contribution in [2.75, 3.05) is 0 Å². The Hall–Kier alpha value is -3.67. The maximum absolute atomic E-state index is 16.0. The normalized spacial score (nSPS) is 28.2. The number of carboxylic acid groups (broad SMARTS) is 1. The lowest BCUT2D eigenvalue weighted by molar-refractivity contribution is -0.350. The first-order valence-corrected chi connectivity index (χ1v) is 12.5. The molecule has 3 aliphatic rings. The van der Waals surface area contributed by atoms with Gasteiger partial charge in [-0.15, -0.1) is 13.2 Å². The Morgan fingerprint density at radius 3 is 2.69 bits per heavy atom. The molecule has 206 valence electrons.